The van der Waals surface area contributed by atoms with Gasteiger partial charge in [-0.25, -0.2) is 4.98 Å². The number of aromatic nitrogens is 1. The van der Waals surface area contributed by atoms with Crippen LogP contribution in [0.2, 0.25) is 5.02 Å². The standard InChI is InChI=1S/C10H13ClN2O3/c11-6-3-7(10(12)13-4-6)9(14)8-5-15-1-2-16-8/h3-4,8-9,14H,1-2,5H2,(H2,12,13). The third-order valence-electron chi connectivity index (χ3n) is 2.43. The average Bonchev–Trinajstić information content (AvgIpc) is 2.32. The molecule has 0 bridgehead atoms. The minimum absolute atomic E-state index is 0.256. The summed E-state index contributed by atoms with van der Waals surface area (Å²) >= 11 is 5.80. The van der Waals surface area contributed by atoms with Crippen molar-refractivity contribution in [1.29, 1.82) is 0 Å². The Morgan fingerprint density at radius 3 is 3.06 bits per heavy atom. The number of aliphatic hydroxyl groups is 1. The fourth-order valence-electron chi connectivity index (χ4n) is 1.59. The van der Waals surface area contributed by atoms with E-state index in [1.807, 2.05) is 0 Å². The van der Waals surface area contributed by atoms with Gasteiger partial charge in [-0.1, -0.05) is 11.6 Å². The molecule has 0 aromatic carbocycles. The van der Waals surface area contributed by atoms with Crippen LogP contribution in [0.25, 0.3) is 0 Å². The van der Waals surface area contributed by atoms with E-state index < -0.39 is 12.2 Å². The van der Waals surface area contributed by atoms with Crippen LogP contribution in [-0.2, 0) is 9.47 Å². The van der Waals surface area contributed by atoms with Crippen molar-refractivity contribution >= 4 is 17.4 Å². The third kappa shape index (κ3) is 2.44. The lowest BCUT2D eigenvalue weighted by molar-refractivity contribution is -0.133. The van der Waals surface area contributed by atoms with Crippen molar-refractivity contribution in [2.24, 2.45) is 0 Å². The first-order chi connectivity index (χ1) is 7.68. The third-order valence-corrected chi connectivity index (χ3v) is 2.64. The van der Waals surface area contributed by atoms with Crippen LogP contribution in [0, 0.1) is 0 Å². The van der Waals surface area contributed by atoms with Crippen molar-refractivity contribution in [3.05, 3.63) is 22.8 Å². The van der Waals surface area contributed by atoms with Gasteiger partial charge in [0.05, 0.1) is 24.8 Å². The van der Waals surface area contributed by atoms with E-state index in [0.29, 0.717) is 30.4 Å². The molecule has 0 spiro atoms. The number of halogens is 1. The van der Waals surface area contributed by atoms with Gasteiger partial charge in [-0.3, -0.25) is 0 Å². The van der Waals surface area contributed by atoms with Gasteiger partial charge in [-0.2, -0.15) is 0 Å². The van der Waals surface area contributed by atoms with Gasteiger partial charge in [0.2, 0.25) is 0 Å². The summed E-state index contributed by atoms with van der Waals surface area (Å²) in [6.07, 6.45) is 0.147. The number of nitrogen functional groups attached to an aromatic ring is 1. The Bertz CT molecular complexity index is 369. The van der Waals surface area contributed by atoms with Gasteiger partial charge >= 0.3 is 0 Å². The maximum absolute atomic E-state index is 10.1. The molecule has 2 rings (SSSR count). The maximum atomic E-state index is 10.1. The highest BCUT2D eigenvalue weighted by Gasteiger charge is 2.26. The maximum Gasteiger partial charge on any atom is 0.129 e. The lowest BCUT2D eigenvalue weighted by Crippen LogP contribution is -2.34. The van der Waals surface area contributed by atoms with E-state index in [4.69, 9.17) is 26.8 Å². The van der Waals surface area contributed by atoms with Crippen LogP contribution in [0.5, 0.6) is 0 Å². The Hall–Kier alpha value is -0.880. The van der Waals surface area contributed by atoms with Gasteiger partial charge in [0.15, 0.2) is 0 Å². The molecule has 1 aliphatic rings. The molecular weight excluding hydrogens is 232 g/mol. The molecule has 0 amide bonds. The summed E-state index contributed by atoms with van der Waals surface area (Å²) in [6, 6.07) is 1.59. The second-order valence-electron chi connectivity index (χ2n) is 3.56. The summed E-state index contributed by atoms with van der Waals surface area (Å²) in [5.74, 6) is 0.256. The summed E-state index contributed by atoms with van der Waals surface area (Å²) in [5.41, 5.74) is 6.15. The highest BCUT2D eigenvalue weighted by atomic mass is 35.5. The number of rotatable bonds is 2. The first-order valence-corrected chi connectivity index (χ1v) is 5.34. The van der Waals surface area contributed by atoms with Crippen LogP contribution in [0.1, 0.15) is 11.7 Å². The average molecular weight is 245 g/mol. The molecule has 1 aromatic rings. The summed E-state index contributed by atoms with van der Waals surface area (Å²) in [5, 5.41) is 10.5. The first-order valence-electron chi connectivity index (χ1n) is 4.97. The van der Waals surface area contributed by atoms with Crippen LogP contribution in [0.4, 0.5) is 5.82 Å². The lowest BCUT2D eigenvalue weighted by Gasteiger charge is -2.27. The smallest absolute Gasteiger partial charge is 0.129 e. The van der Waals surface area contributed by atoms with Gasteiger partial charge in [-0.05, 0) is 6.07 Å². The number of pyridine rings is 1. The fraction of sp³-hybridized carbons (Fsp3) is 0.500. The second kappa shape index (κ2) is 4.97. The largest absolute Gasteiger partial charge is 0.385 e. The molecular formula is C10H13ClN2O3. The van der Waals surface area contributed by atoms with Crippen LogP contribution in [0.3, 0.4) is 0 Å². The Kier molecular flexibility index (Phi) is 3.60. The Balaban J connectivity index is 2.18. The number of nitrogens with zero attached hydrogens (tertiary/aromatic N) is 1. The molecule has 0 radical (unpaired) electrons. The zero-order valence-corrected chi connectivity index (χ0v) is 9.35. The summed E-state index contributed by atoms with van der Waals surface area (Å²) in [7, 11) is 0. The van der Waals surface area contributed by atoms with Crippen molar-refractivity contribution in [2.75, 3.05) is 25.6 Å². The lowest BCUT2D eigenvalue weighted by atomic mass is 10.1. The topological polar surface area (TPSA) is 77.6 Å². The predicted molar refractivity (Wildman–Crippen MR) is 59.2 cm³/mol. The van der Waals surface area contributed by atoms with E-state index in [-0.39, 0.29) is 5.82 Å². The first kappa shape index (κ1) is 11.6. The van der Waals surface area contributed by atoms with Crippen molar-refractivity contribution in [3.8, 4) is 0 Å². The van der Waals surface area contributed by atoms with E-state index in [1.165, 1.54) is 6.20 Å². The van der Waals surface area contributed by atoms with Gasteiger partial charge in [0.25, 0.3) is 0 Å². The molecule has 1 aromatic heterocycles. The van der Waals surface area contributed by atoms with Crippen molar-refractivity contribution in [1.82, 2.24) is 4.98 Å². The molecule has 1 saturated heterocycles. The van der Waals surface area contributed by atoms with Crippen molar-refractivity contribution in [2.45, 2.75) is 12.2 Å². The molecule has 2 unspecified atom stereocenters. The zero-order valence-electron chi connectivity index (χ0n) is 8.60. The highest BCUT2D eigenvalue weighted by Crippen LogP contribution is 2.27. The highest BCUT2D eigenvalue weighted by molar-refractivity contribution is 6.30. The minimum atomic E-state index is -0.869. The van der Waals surface area contributed by atoms with E-state index in [1.54, 1.807) is 6.07 Å². The number of hydrogen-bond acceptors (Lipinski definition) is 5. The number of ether oxygens (including phenoxy) is 2. The Labute approximate surface area is 98.1 Å². The molecule has 0 aliphatic carbocycles. The molecule has 1 fully saturated rings. The SMILES string of the molecule is Nc1ncc(Cl)cc1C(O)C1COCCO1. The minimum Gasteiger partial charge on any atom is -0.385 e. The van der Waals surface area contributed by atoms with Crippen molar-refractivity contribution in [3.63, 3.8) is 0 Å². The number of aliphatic hydroxyl groups excluding tert-OH is 1. The molecule has 0 saturated carbocycles. The van der Waals surface area contributed by atoms with E-state index >= 15 is 0 Å². The van der Waals surface area contributed by atoms with Crippen LogP contribution in [0.15, 0.2) is 12.3 Å². The summed E-state index contributed by atoms with van der Waals surface area (Å²) in [6.45, 7) is 1.36. The molecule has 88 valence electrons. The van der Waals surface area contributed by atoms with Gasteiger partial charge in [0, 0.05) is 11.8 Å². The molecule has 16 heavy (non-hydrogen) atoms. The second-order valence-corrected chi connectivity index (χ2v) is 3.99. The number of nitrogens with two attached hydrogens (primary N) is 1. The van der Waals surface area contributed by atoms with Crippen molar-refractivity contribution < 1.29 is 14.6 Å². The summed E-state index contributed by atoms with van der Waals surface area (Å²) < 4.78 is 10.6. The van der Waals surface area contributed by atoms with Crippen LogP contribution in [-0.4, -0.2) is 36.0 Å². The molecule has 2 heterocycles. The molecule has 6 heteroatoms. The molecule has 5 nitrogen and oxygen atoms in total. The Morgan fingerprint density at radius 2 is 2.38 bits per heavy atom. The number of anilines is 1. The normalized spacial score (nSPS) is 23.0. The van der Waals surface area contributed by atoms with Gasteiger partial charge < -0.3 is 20.3 Å². The van der Waals surface area contributed by atoms with Crippen LogP contribution >= 0.6 is 11.6 Å². The fourth-order valence-corrected chi connectivity index (χ4v) is 1.76. The Morgan fingerprint density at radius 1 is 1.56 bits per heavy atom. The van der Waals surface area contributed by atoms with E-state index in [9.17, 15) is 5.11 Å². The zero-order chi connectivity index (χ0) is 11.5. The van der Waals surface area contributed by atoms with Crippen LogP contribution < -0.4 is 5.73 Å². The van der Waals surface area contributed by atoms with Gasteiger partial charge in [-0.15, -0.1) is 0 Å². The summed E-state index contributed by atoms with van der Waals surface area (Å²) in [4.78, 5) is 3.88. The molecule has 3 N–H and O–H groups in total. The quantitative estimate of drug-likeness (QED) is 0.803. The van der Waals surface area contributed by atoms with Gasteiger partial charge in [0.1, 0.15) is 18.0 Å². The van der Waals surface area contributed by atoms with E-state index in [2.05, 4.69) is 4.98 Å². The monoisotopic (exact) mass is 244 g/mol. The molecule has 1 aliphatic heterocycles. The van der Waals surface area contributed by atoms with E-state index in [0.717, 1.165) is 0 Å². The number of hydrogen-bond donors (Lipinski definition) is 2. The molecule has 2 atom stereocenters. The predicted octanol–water partition coefficient (Wildman–Crippen LogP) is 0.766.